The van der Waals surface area contributed by atoms with Crippen molar-refractivity contribution in [3.8, 4) is 11.5 Å². The van der Waals surface area contributed by atoms with Gasteiger partial charge in [0.15, 0.2) is 5.70 Å². The minimum absolute atomic E-state index is 0.224. The standard InChI is InChI=1S/C23H19NO4S/c1-15-5-7-16(8-6-15)14-27-20-10-9-18(26-2)12-17(20)13-19-23(25)28-22(24-19)21-4-3-11-29-21/h3-13H,14H2,1-2H3/b19-13+. The van der Waals surface area contributed by atoms with Gasteiger partial charge < -0.3 is 14.2 Å². The largest absolute Gasteiger partial charge is 0.497 e. The van der Waals surface area contributed by atoms with Crippen LogP contribution in [0.15, 0.2) is 70.7 Å². The Morgan fingerprint density at radius 3 is 2.69 bits per heavy atom. The number of hydrogen-bond acceptors (Lipinski definition) is 6. The summed E-state index contributed by atoms with van der Waals surface area (Å²) >= 11 is 1.47. The Labute approximate surface area is 172 Å². The van der Waals surface area contributed by atoms with Crippen molar-refractivity contribution in [2.45, 2.75) is 13.5 Å². The summed E-state index contributed by atoms with van der Waals surface area (Å²) in [7, 11) is 1.59. The van der Waals surface area contributed by atoms with Crippen molar-refractivity contribution in [3.05, 3.63) is 87.2 Å². The fourth-order valence-corrected chi connectivity index (χ4v) is 3.45. The number of cyclic esters (lactones) is 1. The minimum atomic E-state index is -0.485. The lowest BCUT2D eigenvalue weighted by Crippen LogP contribution is -2.03. The lowest BCUT2D eigenvalue weighted by molar-refractivity contribution is -0.129. The highest BCUT2D eigenvalue weighted by Gasteiger charge is 2.25. The second kappa shape index (κ2) is 8.32. The van der Waals surface area contributed by atoms with Gasteiger partial charge in [0.25, 0.3) is 0 Å². The van der Waals surface area contributed by atoms with Crippen LogP contribution in [0.3, 0.4) is 0 Å². The van der Waals surface area contributed by atoms with Crippen molar-refractivity contribution in [2.75, 3.05) is 7.11 Å². The van der Waals surface area contributed by atoms with E-state index in [0.717, 1.165) is 10.4 Å². The van der Waals surface area contributed by atoms with Gasteiger partial charge in [0.1, 0.15) is 18.1 Å². The van der Waals surface area contributed by atoms with E-state index < -0.39 is 5.97 Å². The summed E-state index contributed by atoms with van der Waals surface area (Å²) in [5, 5.41) is 1.91. The van der Waals surface area contributed by atoms with Crippen LogP contribution in [0.25, 0.3) is 6.08 Å². The van der Waals surface area contributed by atoms with E-state index in [2.05, 4.69) is 4.99 Å². The maximum Gasteiger partial charge on any atom is 0.363 e. The molecule has 1 aliphatic rings. The molecule has 0 radical (unpaired) electrons. The van der Waals surface area contributed by atoms with Crippen LogP contribution >= 0.6 is 11.3 Å². The number of carbonyl (C=O) groups excluding carboxylic acids is 1. The average molecular weight is 405 g/mol. The molecule has 0 fully saturated rings. The first-order chi connectivity index (χ1) is 14.1. The van der Waals surface area contributed by atoms with E-state index in [-0.39, 0.29) is 5.70 Å². The van der Waals surface area contributed by atoms with E-state index in [1.165, 1.54) is 16.9 Å². The van der Waals surface area contributed by atoms with Crippen LogP contribution in [0.2, 0.25) is 0 Å². The molecule has 0 saturated heterocycles. The summed E-state index contributed by atoms with van der Waals surface area (Å²) in [6.07, 6.45) is 1.66. The Kier molecular flexibility index (Phi) is 5.44. The molecule has 4 rings (SSSR count). The van der Waals surface area contributed by atoms with Gasteiger partial charge in [-0.1, -0.05) is 35.9 Å². The number of thiophene rings is 1. The molecule has 0 bridgehead atoms. The maximum atomic E-state index is 12.3. The molecule has 0 saturated carbocycles. The van der Waals surface area contributed by atoms with E-state index in [9.17, 15) is 4.79 Å². The molecule has 0 atom stereocenters. The van der Waals surface area contributed by atoms with Crippen LogP contribution in [-0.4, -0.2) is 19.0 Å². The molecule has 5 nitrogen and oxygen atoms in total. The van der Waals surface area contributed by atoms with E-state index in [4.69, 9.17) is 14.2 Å². The highest BCUT2D eigenvalue weighted by atomic mass is 32.1. The number of nitrogens with zero attached hydrogens (tertiary/aromatic N) is 1. The van der Waals surface area contributed by atoms with E-state index in [1.807, 2.05) is 66.9 Å². The van der Waals surface area contributed by atoms with Crippen molar-refractivity contribution >= 4 is 29.3 Å². The van der Waals surface area contributed by atoms with E-state index >= 15 is 0 Å². The Hall–Kier alpha value is -3.38. The lowest BCUT2D eigenvalue weighted by Gasteiger charge is -2.11. The fraction of sp³-hybridized carbons (Fsp3) is 0.130. The Balaban J connectivity index is 1.62. The van der Waals surface area contributed by atoms with Crippen molar-refractivity contribution in [2.24, 2.45) is 4.99 Å². The zero-order valence-corrected chi connectivity index (χ0v) is 16.9. The summed E-state index contributed by atoms with van der Waals surface area (Å²) in [4.78, 5) is 17.4. The summed E-state index contributed by atoms with van der Waals surface area (Å²) in [6.45, 7) is 2.46. The molecule has 0 N–H and O–H groups in total. The SMILES string of the molecule is COc1ccc(OCc2ccc(C)cc2)c(/C=C2/N=C(c3cccs3)OC2=O)c1. The lowest BCUT2D eigenvalue weighted by atomic mass is 10.1. The number of hydrogen-bond donors (Lipinski definition) is 0. The quantitative estimate of drug-likeness (QED) is 0.428. The summed E-state index contributed by atoms with van der Waals surface area (Å²) < 4.78 is 16.6. The van der Waals surface area contributed by atoms with Gasteiger partial charge in [-0.25, -0.2) is 9.79 Å². The van der Waals surface area contributed by atoms with Gasteiger partial charge in [0.2, 0.25) is 5.90 Å². The van der Waals surface area contributed by atoms with Crippen LogP contribution in [0.4, 0.5) is 0 Å². The Bertz CT molecular complexity index is 1080. The highest BCUT2D eigenvalue weighted by molar-refractivity contribution is 7.12. The van der Waals surface area contributed by atoms with Gasteiger partial charge in [-0.3, -0.25) is 0 Å². The van der Waals surface area contributed by atoms with Crippen LogP contribution in [0.1, 0.15) is 21.6 Å². The van der Waals surface area contributed by atoms with Crippen molar-refractivity contribution < 1.29 is 19.0 Å². The number of ether oxygens (including phenoxy) is 3. The second-order valence-corrected chi connectivity index (χ2v) is 7.44. The second-order valence-electron chi connectivity index (χ2n) is 6.49. The summed E-state index contributed by atoms with van der Waals surface area (Å²) in [6, 6.07) is 17.4. The molecule has 146 valence electrons. The predicted octanol–water partition coefficient (Wildman–Crippen LogP) is 4.99. The zero-order chi connectivity index (χ0) is 20.2. The third kappa shape index (κ3) is 4.38. The predicted molar refractivity (Wildman–Crippen MR) is 113 cm³/mol. The molecule has 29 heavy (non-hydrogen) atoms. The molecular weight excluding hydrogens is 386 g/mol. The molecule has 1 aliphatic heterocycles. The normalized spacial score (nSPS) is 14.6. The van der Waals surface area contributed by atoms with Gasteiger partial charge in [-0.05, 0) is 48.2 Å². The monoisotopic (exact) mass is 405 g/mol. The number of esters is 1. The molecule has 0 aliphatic carbocycles. The van der Waals surface area contributed by atoms with Gasteiger partial charge in [0, 0.05) is 5.56 Å². The number of aliphatic imine (C=N–C) groups is 1. The topological polar surface area (TPSA) is 57.1 Å². The molecule has 0 amide bonds. The van der Waals surface area contributed by atoms with Crippen LogP contribution in [0, 0.1) is 6.92 Å². The third-order valence-corrected chi connectivity index (χ3v) is 5.23. The molecule has 1 aromatic heterocycles. The smallest absolute Gasteiger partial charge is 0.363 e. The maximum absolute atomic E-state index is 12.3. The molecule has 0 unspecified atom stereocenters. The highest BCUT2D eigenvalue weighted by Crippen LogP contribution is 2.29. The Morgan fingerprint density at radius 1 is 1.14 bits per heavy atom. The van der Waals surface area contributed by atoms with Crippen molar-refractivity contribution in [1.29, 1.82) is 0 Å². The zero-order valence-electron chi connectivity index (χ0n) is 16.0. The average Bonchev–Trinajstić information content (AvgIpc) is 3.38. The molecule has 2 aromatic carbocycles. The summed E-state index contributed by atoms with van der Waals surface area (Å²) in [5.41, 5.74) is 3.17. The summed E-state index contributed by atoms with van der Waals surface area (Å²) in [5.74, 6) is 1.13. The van der Waals surface area contributed by atoms with Gasteiger partial charge >= 0.3 is 5.97 Å². The first kappa shape index (κ1) is 19.0. The molecule has 6 heteroatoms. The number of carbonyl (C=O) groups is 1. The minimum Gasteiger partial charge on any atom is -0.497 e. The molecule has 2 heterocycles. The molecule has 0 spiro atoms. The van der Waals surface area contributed by atoms with Gasteiger partial charge in [0.05, 0.1) is 12.0 Å². The molecular formula is C23H19NO4S. The first-order valence-electron chi connectivity index (χ1n) is 9.05. The molecule has 3 aromatic rings. The van der Waals surface area contributed by atoms with Crippen LogP contribution in [-0.2, 0) is 16.1 Å². The Morgan fingerprint density at radius 2 is 1.97 bits per heavy atom. The fourth-order valence-electron chi connectivity index (χ4n) is 2.81. The number of aryl methyl sites for hydroxylation is 1. The van der Waals surface area contributed by atoms with Gasteiger partial charge in [-0.15, -0.1) is 11.3 Å². The number of methoxy groups -OCH3 is 1. The third-order valence-electron chi connectivity index (χ3n) is 4.38. The first-order valence-corrected chi connectivity index (χ1v) is 9.93. The number of rotatable bonds is 6. The van der Waals surface area contributed by atoms with Crippen molar-refractivity contribution in [3.63, 3.8) is 0 Å². The number of benzene rings is 2. The van der Waals surface area contributed by atoms with Crippen molar-refractivity contribution in [1.82, 2.24) is 0 Å². The van der Waals surface area contributed by atoms with Gasteiger partial charge in [-0.2, -0.15) is 0 Å². The van der Waals surface area contributed by atoms with Crippen LogP contribution in [0.5, 0.6) is 11.5 Å². The van der Waals surface area contributed by atoms with E-state index in [0.29, 0.717) is 29.6 Å². The van der Waals surface area contributed by atoms with E-state index in [1.54, 1.807) is 13.2 Å². The van der Waals surface area contributed by atoms with Crippen LogP contribution < -0.4 is 9.47 Å².